The first kappa shape index (κ1) is 21.7. The molecule has 0 amide bonds. The Labute approximate surface area is 154 Å². The molecule has 0 aromatic carbocycles. The summed E-state index contributed by atoms with van der Waals surface area (Å²) in [6, 6.07) is 0. The van der Waals surface area contributed by atoms with Crippen molar-refractivity contribution in [1.29, 1.82) is 0 Å². The molecule has 0 spiro atoms. The quantitative estimate of drug-likeness (QED) is 0.268. The van der Waals surface area contributed by atoms with E-state index in [1.54, 1.807) is 0 Å². The first-order valence-corrected chi connectivity index (χ1v) is 7.94. The van der Waals surface area contributed by atoms with Gasteiger partial charge in [-0.2, -0.15) is 4.99 Å². The number of ether oxygens (including phenoxy) is 5. The normalized spacial score (nSPS) is 27.5. The molecule has 26 heavy (non-hydrogen) atoms. The molecule has 0 N–H and O–H groups in total. The fourth-order valence-corrected chi connectivity index (χ4v) is 2.47. The van der Waals surface area contributed by atoms with Crippen LogP contribution in [0.4, 0.5) is 0 Å². The molecule has 5 atom stereocenters. The van der Waals surface area contributed by atoms with Crippen LogP contribution in [0.25, 0.3) is 0 Å². The maximum atomic E-state index is 11.5. The summed E-state index contributed by atoms with van der Waals surface area (Å²) in [5.74, 6) is -2.74. The SMILES string of the molecule is CC(=O)OC[C@H]1OC(N=C=S)[C@H](OC(C)=O)[C@@H](OC(C)=O)[C@H]1OC(C)=O. The lowest BCUT2D eigenvalue weighted by Crippen LogP contribution is -2.61. The highest BCUT2D eigenvalue weighted by atomic mass is 32.1. The molecule has 1 fully saturated rings. The largest absolute Gasteiger partial charge is 0.463 e. The van der Waals surface area contributed by atoms with Crippen molar-refractivity contribution in [3.63, 3.8) is 0 Å². The molecular formula is C15H19NO9S. The predicted molar refractivity (Wildman–Crippen MR) is 87.0 cm³/mol. The van der Waals surface area contributed by atoms with Crippen LogP contribution in [0.2, 0.25) is 0 Å². The summed E-state index contributed by atoms with van der Waals surface area (Å²) in [5, 5.41) is 2.09. The van der Waals surface area contributed by atoms with Crippen LogP contribution >= 0.6 is 12.2 Å². The van der Waals surface area contributed by atoms with E-state index in [0.717, 1.165) is 20.8 Å². The summed E-state index contributed by atoms with van der Waals surface area (Å²) in [5.41, 5.74) is 0. The average Bonchev–Trinajstić information content (AvgIpc) is 2.50. The van der Waals surface area contributed by atoms with E-state index < -0.39 is 54.5 Å². The Morgan fingerprint density at radius 1 is 0.885 bits per heavy atom. The van der Waals surface area contributed by atoms with Crippen LogP contribution in [0.5, 0.6) is 0 Å². The van der Waals surface area contributed by atoms with Crippen molar-refractivity contribution >= 4 is 41.3 Å². The highest BCUT2D eigenvalue weighted by molar-refractivity contribution is 7.78. The first-order chi connectivity index (χ1) is 12.1. The van der Waals surface area contributed by atoms with Crippen molar-refractivity contribution in [2.24, 2.45) is 4.99 Å². The summed E-state index contributed by atoms with van der Waals surface area (Å²) >= 11 is 4.55. The maximum Gasteiger partial charge on any atom is 0.303 e. The summed E-state index contributed by atoms with van der Waals surface area (Å²) < 4.78 is 26.0. The van der Waals surface area contributed by atoms with E-state index in [-0.39, 0.29) is 6.61 Å². The smallest absolute Gasteiger partial charge is 0.303 e. The van der Waals surface area contributed by atoms with Gasteiger partial charge in [0, 0.05) is 27.7 Å². The van der Waals surface area contributed by atoms with Crippen molar-refractivity contribution in [3.8, 4) is 0 Å². The summed E-state index contributed by atoms with van der Waals surface area (Å²) in [6.07, 6.45) is -5.96. The second kappa shape index (κ2) is 9.95. The van der Waals surface area contributed by atoms with Gasteiger partial charge in [0.25, 0.3) is 0 Å². The van der Waals surface area contributed by atoms with Gasteiger partial charge in [0.15, 0.2) is 24.5 Å². The molecular weight excluding hydrogens is 370 g/mol. The van der Waals surface area contributed by atoms with E-state index >= 15 is 0 Å². The molecule has 144 valence electrons. The van der Waals surface area contributed by atoms with E-state index in [4.69, 9.17) is 23.7 Å². The molecule has 0 aromatic heterocycles. The third-order valence-electron chi connectivity index (χ3n) is 3.15. The number of esters is 4. The van der Waals surface area contributed by atoms with Crippen LogP contribution in [0.15, 0.2) is 4.99 Å². The lowest BCUT2D eigenvalue weighted by molar-refractivity contribution is -0.250. The van der Waals surface area contributed by atoms with E-state index in [0.29, 0.717) is 0 Å². The maximum absolute atomic E-state index is 11.5. The molecule has 0 aromatic rings. The summed E-state index contributed by atoms with van der Waals surface area (Å²) in [6.45, 7) is 4.26. The molecule has 11 heteroatoms. The predicted octanol–water partition coefficient (Wildman–Crippen LogP) is 0.172. The van der Waals surface area contributed by atoms with Gasteiger partial charge in [-0.15, -0.1) is 0 Å². The lowest BCUT2D eigenvalue weighted by atomic mass is 9.97. The number of nitrogens with zero attached hydrogens (tertiary/aromatic N) is 1. The molecule has 0 aliphatic carbocycles. The topological polar surface area (TPSA) is 127 Å². The number of carbonyl (C=O) groups is 4. The van der Waals surface area contributed by atoms with Crippen LogP contribution in [-0.4, -0.2) is 66.3 Å². The Bertz CT molecular complexity index is 616. The third-order valence-corrected chi connectivity index (χ3v) is 3.25. The Kier molecular flexibility index (Phi) is 8.30. The highest BCUT2D eigenvalue weighted by Crippen LogP contribution is 2.29. The van der Waals surface area contributed by atoms with Crippen molar-refractivity contribution < 1.29 is 42.9 Å². The van der Waals surface area contributed by atoms with Gasteiger partial charge in [-0.1, -0.05) is 0 Å². The Morgan fingerprint density at radius 2 is 1.38 bits per heavy atom. The van der Waals surface area contributed by atoms with E-state index in [1.165, 1.54) is 6.92 Å². The minimum atomic E-state index is -1.26. The Balaban J connectivity index is 3.28. The number of hydrogen-bond donors (Lipinski definition) is 0. The molecule has 1 rings (SSSR count). The Hall–Kier alpha value is -2.36. The van der Waals surface area contributed by atoms with Crippen LogP contribution in [-0.2, 0) is 42.9 Å². The molecule has 0 saturated carbocycles. The van der Waals surface area contributed by atoms with Gasteiger partial charge in [0.2, 0.25) is 0 Å². The van der Waals surface area contributed by atoms with Gasteiger partial charge < -0.3 is 23.7 Å². The average molecular weight is 389 g/mol. The number of isothiocyanates is 1. The van der Waals surface area contributed by atoms with Crippen molar-refractivity contribution in [1.82, 2.24) is 0 Å². The van der Waals surface area contributed by atoms with Crippen molar-refractivity contribution in [3.05, 3.63) is 0 Å². The zero-order valence-electron chi connectivity index (χ0n) is 14.6. The minimum Gasteiger partial charge on any atom is -0.463 e. The van der Waals surface area contributed by atoms with Gasteiger partial charge in [-0.3, -0.25) is 19.2 Å². The molecule has 1 heterocycles. The highest BCUT2D eigenvalue weighted by Gasteiger charge is 2.52. The van der Waals surface area contributed by atoms with Crippen LogP contribution in [0.3, 0.4) is 0 Å². The fourth-order valence-electron chi connectivity index (χ4n) is 2.36. The second-order valence-electron chi connectivity index (χ2n) is 5.31. The number of thiocarbonyl (C=S) groups is 1. The van der Waals surface area contributed by atoms with E-state index in [1.807, 2.05) is 0 Å². The zero-order chi connectivity index (χ0) is 19.9. The molecule has 0 bridgehead atoms. The van der Waals surface area contributed by atoms with Crippen LogP contribution < -0.4 is 0 Å². The van der Waals surface area contributed by atoms with E-state index in [2.05, 4.69) is 22.4 Å². The number of carbonyl (C=O) groups excluding carboxylic acids is 4. The monoisotopic (exact) mass is 389 g/mol. The fraction of sp³-hybridized carbons (Fsp3) is 0.667. The van der Waals surface area contributed by atoms with Crippen LogP contribution in [0.1, 0.15) is 27.7 Å². The molecule has 10 nitrogen and oxygen atoms in total. The molecule has 1 unspecified atom stereocenters. The standard InChI is InChI=1S/C15H19NO9S/c1-7(17)21-5-11-12(22-8(2)18)13(23-9(3)19)14(24-10(4)20)15(25-11)16-6-26/h11-15H,5H2,1-4H3/t11-,12+,13+,14-,15?/m1/s1. The van der Waals surface area contributed by atoms with E-state index in [9.17, 15) is 19.2 Å². The van der Waals surface area contributed by atoms with Gasteiger partial charge in [0.1, 0.15) is 12.7 Å². The first-order valence-electron chi connectivity index (χ1n) is 7.53. The van der Waals surface area contributed by atoms with Gasteiger partial charge in [0.05, 0.1) is 5.16 Å². The van der Waals surface area contributed by atoms with Gasteiger partial charge >= 0.3 is 23.9 Å². The molecule has 1 saturated heterocycles. The number of hydrogen-bond acceptors (Lipinski definition) is 11. The second-order valence-corrected chi connectivity index (χ2v) is 5.49. The third kappa shape index (κ3) is 6.51. The number of aliphatic imine (C=N–C) groups is 1. The van der Waals surface area contributed by atoms with Crippen LogP contribution in [0, 0.1) is 0 Å². The zero-order valence-corrected chi connectivity index (χ0v) is 15.4. The molecule has 1 aliphatic rings. The summed E-state index contributed by atoms with van der Waals surface area (Å²) in [7, 11) is 0. The van der Waals surface area contributed by atoms with Gasteiger partial charge in [-0.25, -0.2) is 0 Å². The summed E-state index contributed by atoms with van der Waals surface area (Å²) in [4.78, 5) is 49.3. The van der Waals surface area contributed by atoms with Gasteiger partial charge in [-0.05, 0) is 12.2 Å². The van der Waals surface area contributed by atoms with Crippen molar-refractivity contribution in [2.75, 3.05) is 6.61 Å². The lowest BCUT2D eigenvalue weighted by Gasteiger charge is -2.42. The number of rotatable bonds is 6. The molecule has 1 aliphatic heterocycles. The minimum absolute atomic E-state index is 0.318. The molecule has 0 radical (unpaired) electrons. The van der Waals surface area contributed by atoms with Crippen molar-refractivity contribution in [2.45, 2.75) is 58.3 Å². The Morgan fingerprint density at radius 3 is 1.85 bits per heavy atom.